The molecule has 6 heteroatoms. The molecular weight excluding hydrogens is 302 g/mol. The van der Waals surface area contributed by atoms with E-state index in [0.717, 1.165) is 10.0 Å². The first-order valence-electron chi connectivity index (χ1n) is 5.31. The van der Waals surface area contributed by atoms with Crippen LogP contribution in [0.15, 0.2) is 22.7 Å². The van der Waals surface area contributed by atoms with Gasteiger partial charge in [-0.05, 0) is 37.6 Å². The van der Waals surface area contributed by atoms with E-state index in [-0.39, 0.29) is 0 Å². The summed E-state index contributed by atoms with van der Waals surface area (Å²) in [7, 11) is 0. The van der Waals surface area contributed by atoms with Crippen LogP contribution in [0.2, 0.25) is 0 Å². The van der Waals surface area contributed by atoms with E-state index in [1.165, 1.54) is 6.92 Å². The Bertz CT molecular complexity index is 473. The van der Waals surface area contributed by atoms with Gasteiger partial charge in [0, 0.05) is 10.0 Å². The zero-order chi connectivity index (χ0) is 13.9. The maximum atomic E-state index is 11.9. The summed E-state index contributed by atoms with van der Waals surface area (Å²) in [5.74, 6) is -1.79. The molecule has 0 saturated heterocycles. The summed E-state index contributed by atoms with van der Waals surface area (Å²) in [5.41, 5.74) is 1.10. The predicted molar refractivity (Wildman–Crippen MR) is 69.4 cm³/mol. The molecule has 98 valence electrons. The summed E-state index contributed by atoms with van der Waals surface area (Å²) in [4.78, 5) is 22.8. The lowest BCUT2D eigenvalue weighted by Crippen LogP contribution is -2.47. The number of carboxylic acids is 1. The number of hydrogen-bond donors (Lipinski definition) is 3. The minimum Gasteiger partial charge on any atom is -0.480 e. The standard InChI is InChI=1S/C12H14BrNO4/c1-6-5-8(13)3-4-9(6)11(16)14-10(7(2)15)12(17)18/h3-5,7,10,15H,1-2H3,(H,14,16)(H,17,18). The summed E-state index contributed by atoms with van der Waals surface area (Å²) in [6.45, 7) is 3.06. The Hall–Kier alpha value is -1.40. The first-order valence-corrected chi connectivity index (χ1v) is 6.10. The highest BCUT2D eigenvalue weighted by atomic mass is 79.9. The second-order valence-corrected chi connectivity index (χ2v) is 4.90. The largest absolute Gasteiger partial charge is 0.480 e. The molecule has 1 rings (SSSR count). The van der Waals surface area contributed by atoms with Gasteiger partial charge in [-0.25, -0.2) is 4.79 Å². The van der Waals surface area contributed by atoms with Crippen LogP contribution in [0.5, 0.6) is 0 Å². The number of benzene rings is 1. The fourth-order valence-electron chi connectivity index (χ4n) is 1.49. The van der Waals surface area contributed by atoms with Gasteiger partial charge in [0.25, 0.3) is 5.91 Å². The second-order valence-electron chi connectivity index (χ2n) is 3.99. The number of aryl methyl sites for hydroxylation is 1. The predicted octanol–water partition coefficient (Wildman–Crippen LogP) is 1.32. The zero-order valence-corrected chi connectivity index (χ0v) is 11.6. The molecule has 5 nitrogen and oxygen atoms in total. The fraction of sp³-hybridized carbons (Fsp3) is 0.333. The molecule has 1 aromatic rings. The van der Waals surface area contributed by atoms with Crippen molar-refractivity contribution in [1.82, 2.24) is 5.32 Å². The minimum absolute atomic E-state index is 0.380. The van der Waals surface area contributed by atoms with Crippen LogP contribution in [0.3, 0.4) is 0 Å². The molecule has 0 bridgehead atoms. The van der Waals surface area contributed by atoms with Gasteiger partial charge < -0.3 is 15.5 Å². The smallest absolute Gasteiger partial charge is 0.328 e. The molecule has 0 spiro atoms. The fourth-order valence-corrected chi connectivity index (χ4v) is 1.97. The van der Waals surface area contributed by atoms with E-state index < -0.39 is 24.0 Å². The molecule has 0 aliphatic heterocycles. The summed E-state index contributed by atoms with van der Waals surface area (Å²) >= 11 is 3.28. The van der Waals surface area contributed by atoms with Gasteiger partial charge in [-0.2, -0.15) is 0 Å². The van der Waals surface area contributed by atoms with Gasteiger partial charge in [0.15, 0.2) is 6.04 Å². The van der Waals surface area contributed by atoms with Crippen LogP contribution in [-0.4, -0.2) is 34.2 Å². The number of rotatable bonds is 4. The van der Waals surface area contributed by atoms with Crippen molar-refractivity contribution >= 4 is 27.8 Å². The molecule has 0 aliphatic rings. The molecule has 1 amide bonds. The third-order valence-corrected chi connectivity index (χ3v) is 2.96. The van der Waals surface area contributed by atoms with Crippen LogP contribution in [-0.2, 0) is 4.79 Å². The van der Waals surface area contributed by atoms with E-state index in [1.807, 2.05) is 0 Å². The Morgan fingerprint density at radius 3 is 2.44 bits per heavy atom. The Labute approximate surface area is 113 Å². The van der Waals surface area contributed by atoms with Gasteiger partial charge in [0.2, 0.25) is 0 Å². The topological polar surface area (TPSA) is 86.6 Å². The van der Waals surface area contributed by atoms with E-state index >= 15 is 0 Å². The summed E-state index contributed by atoms with van der Waals surface area (Å²) in [6, 6.07) is 3.73. The van der Waals surface area contributed by atoms with Crippen LogP contribution >= 0.6 is 15.9 Å². The van der Waals surface area contributed by atoms with Crippen LogP contribution in [0, 0.1) is 6.92 Å². The van der Waals surface area contributed by atoms with Gasteiger partial charge in [0.1, 0.15) is 0 Å². The van der Waals surface area contributed by atoms with Crippen molar-refractivity contribution in [2.45, 2.75) is 26.0 Å². The normalized spacial score (nSPS) is 13.8. The van der Waals surface area contributed by atoms with Crippen molar-refractivity contribution in [3.63, 3.8) is 0 Å². The summed E-state index contributed by atoms with van der Waals surface area (Å²) < 4.78 is 0.835. The van der Waals surface area contributed by atoms with E-state index in [9.17, 15) is 14.7 Å². The number of carbonyl (C=O) groups excluding carboxylic acids is 1. The number of hydrogen-bond acceptors (Lipinski definition) is 3. The average molecular weight is 316 g/mol. The van der Waals surface area contributed by atoms with Gasteiger partial charge >= 0.3 is 5.97 Å². The Morgan fingerprint density at radius 1 is 1.39 bits per heavy atom. The number of aliphatic carboxylic acids is 1. The molecule has 0 aliphatic carbocycles. The van der Waals surface area contributed by atoms with Gasteiger partial charge in [0.05, 0.1) is 6.10 Å². The molecule has 2 atom stereocenters. The number of carbonyl (C=O) groups is 2. The highest BCUT2D eigenvalue weighted by Crippen LogP contribution is 2.16. The average Bonchev–Trinajstić information content (AvgIpc) is 2.24. The van der Waals surface area contributed by atoms with Crippen LogP contribution < -0.4 is 5.32 Å². The molecule has 3 N–H and O–H groups in total. The number of carboxylic acid groups (broad SMARTS) is 1. The third kappa shape index (κ3) is 3.54. The third-order valence-electron chi connectivity index (χ3n) is 2.47. The monoisotopic (exact) mass is 315 g/mol. The van der Waals surface area contributed by atoms with Gasteiger partial charge in [-0.1, -0.05) is 15.9 Å². The quantitative estimate of drug-likeness (QED) is 0.782. The number of halogens is 1. The van der Waals surface area contributed by atoms with Gasteiger partial charge in [-0.15, -0.1) is 0 Å². The van der Waals surface area contributed by atoms with Crippen molar-refractivity contribution in [2.75, 3.05) is 0 Å². The van der Waals surface area contributed by atoms with Crippen LogP contribution in [0.4, 0.5) is 0 Å². The maximum absolute atomic E-state index is 11.9. The maximum Gasteiger partial charge on any atom is 0.328 e. The first-order chi connectivity index (χ1) is 8.32. The molecule has 1 aromatic carbocycles. The van der Waals surface area contributed by atoms with Crippen LogP contribution in [0.1, 0.15) is 22.8 Å². The second kappa shape index (κ2) is 5.97. The molecular formula is C12H14BrNO4. The Balaban J connectivity index is 2.91. The van der Waals surface area contributed by atoms with Crippen molar-refractivity contribution < 1.29 is 19.8 Å². The summed E-state index contributed by atoms with van der Waals surface area (Å²) in [6.07, 6.45) is -1.16. The molecule has 0 saturated carbocycles. The number of amides is 1. The lowest BCUT2D eigenvalue weighted by Gasteiger charge is -2.17. The highest BCUT2D eigenvalue weighted by molar-refractivity contribution is 9.10. The Kier molecular flexibility index (Phi) is 4.86. The van der Waals surface area contributed by atoms with E-state index in [0.29, 0.717) is 5.56 Å². The summed E-state index contributed by atoms with van der Waals surface area (Å²) in [5, 5.41) is 20.4. The zero-order valence-electron chi connectivity index (χ0n) is 9.98. The number of aliphatic hydroxyl groups is 1. The lowest BCUT2D eigenvalue weighted by atomic mass is 10.1. The van der Waals surface area contributed by atoms with Crippen molar-refractivity contribution in [3.05, 3.63) is 33.8 Å². The van der Waals surface area contributed by atoms with Crippen molar-refractivity contribution in [2.24, 2.45) is 0 Å². The molecule has 2 unspecified atom stereocenters. The molecule has 0 heterocycles. The number of nitrogens with one attached hydrogen (secondary N) is 1. The molecule has 0 aromatic heterocycles. The van der Waals surface area contributed by atoms with Crippen molar-refractivity contribution in [1.29, 1.82) is 0 Å². The van der Waals surface area contributed by atoms with E-state index in [4.69, 9.17) is 5.11 Å². The van der Waals surface area contributed by atoms with E-state index in [1.54, 1.807) is 25.1 Å². The lowest BCUT2D eigenvalue weighted by molar-refractivity contribution is -0.141. The van der Waals surface area contributed by atoms with Crippen molar-refractivity contribution in [3.8, 4) is 0 Å². The number of aliphatic hydroxyl groups excluding tert-OH is 1. The van der Waals surface area contributed by atoms with E-state index in [2.05, 4.69) is 21.2 Å². The van der Waals surface area contributed by atoms with Gasteiger partial charge in [-0.3, -0.25) is 4.79 Å². The molecule has 0 fully saturated rings. The molecule has 18 heavy (non-hydrogen) atoms. The van der Waals surface area contributed by atoms with Crippen LogP contribution in [0.25, 0.3) is 0 Å². The first kappa shape index (κ1) is 14.7. The Morgan fingerprint density at radius 2 is 2.00 bits per heavy atom. The SMILES string of the molecule is Cc1cc(Br)ccc1C(=O)NC(C(=O)O)C(C)O. The molecule has 0 radical (unpaired) electrons. The minimum atomic E-state index is -1.32. The highest BCUT2D eigenvalue weighted by Gasteiger charge is 2.25.